The van der Waals surface area contributed by atoms with E-state index in [9.17, 15) is 14.7 Å². The summed E-state index contributed by atoms with van der Waals surface area (Å²) in [6, 6.07) is 15.0. The number of carbonyl (C=O) groups excluding carboxylic acids is 1. The van der Waals surface area contributed by atoms with E-state index in [1.807, 2.05) is 29.2 Å². The SMILES string of the molecule is CC1CCCN(C(=O)CCc2ccccc2C(=O)O)c2ccccc21. The Balaban J connectivity index is 1.78. The van der Waals surface area contributed by atoms with Gasteiger partial charge < -0.3 is 10.0 Å². The van der Waals surface area contributed by atoms with Gasteiger partial charge in [-0.15, -0.1) is 0 Å². The topological polar surface area (TPSA) is 57.6 Å². The van der Waals surface area contributed by atoms with Crippen molar-refractivity contribution in [2.45, 2.75) is 38.5 Å². The first-order chi connectivity index (χ1) is 12.1. The standard InChI is InChI=1S/C21H23NO3/c1-15-7-6-14-22(19-11-5-4-9-17(15)19)20(23)13-12-16-8-2-3-10-18(16)21(24)25/h2-5,8-11,15H,6-7,12-14H2,1H3,(H,24,25). The lowest BCUT2D eigenvalue weighted by molar-refractivity contribution is -0.118. The van der Waals surface area contributed by atoms with Crippen LogP contribution in [0.2, 0.25) is 0 Å². The van der Waals surface area contributed by atoms with Gasteiger partial charge in [-0.25, -0.2) is 4.79 Å². The van der Waals surface area contributed by atoms with Crippen LogP contribution < -0.4 is 4.90 Å². The first kappa shape index (κ1) is 17.2. The predicted octanol–water partition coefficient (Wildman–Crippen LogP) is 4.25. The number of amides is 1. The highest BCUT2D eigenvalue weighted by molar-refractivity contribution is 5.95. The zero-order valence-corrected chi connectivity index (χ0v) is 14.4. The Hall–Kier alpha value is -2.62. The van der Waals surface area contributed by atoms with Gasteiger partial charge in [0, 0.05) is 18.7 Å². The molecule has 0 bridgehead atoms. The van der Waals surface area contributed by atoms with Crippen molar-refractivity contribution in [1.29, 1.82) is 0 Å². The van der Waals surface area contributed by atoms with Crippen molar-refractivity contribution in [3.05, 3.63) is 65.2 Å². The van der Waals surface area contributed by atoms with Crippen molar-refractivity contribution >= 4 is 17.6 Å². The minimum Gasteiger partial charge on any atom is -0.478 e. The molecule has 0 saturated heterocycles. The number of hydrogen-bond donors (Lipinski definition) is 1. The van der Waals surface area contributed by atoms with Gasteiger partial charge in [-0.2, -0.15) is 0 Å². The number of rotatable bonds is 4. The summed E-state index contributed by atoms with van der Waals surface area (Å²) in [4.78, 5) is 26.0. The number of carboxylic acid groups (broad SMARTS) is 1. The molecule has 2 aromatic carbocycles. The van der Waals surface area contributed by atoms with E-state index in [2.05, 4.69) is 13.0 Å². The molecule has 130 valence electrons. The van der Waals surface area contributed by atoms with Crippen LogP contribution >= 0.6 is 0 Å². The number of aryl methyl sites for hydroxylation is 1. The smallest absolute Gasteiger partial charge is 0.335 e. The molecule has 1 heterocycles. The largest absolute Gasteiger partial charge is 0.478 e. The highest BCUT2D eigenvalue weighted by atomic mass is 16.4. The molecule has 0 aliphatic carbocycles. The van der Waals surface area contributed by atoms with Crippen molar-refractivity contribution < 1.29 is 14.7 Å². The average molecular weight is 337 g/mol. The second kappa shape index (κ2) is 7.51. The van der Waals surface area contributed by atoms with E-state index in [4.69, 9.17) is 0 Å². The van der Waals surface area contributed by atoms with Gasteiger partial charge in [0.25, 0.3) is 0 Å². The molecule has 1 aliphatic heterocycles. The number of anilines is 1. The Morgan fingerprint density at radius 2 is 1.84 bits per heavy atom. The van der Waals surface area contributed by atoms with E-state index < -0.39 is 5.97 Å². The summed E-state index contributed by atoms with van der Waals surface area (Å²) in [7, 11) is 0. The lowest BCUT2D eigenvalue weighted by Crippen LogP contribution is -2.32. The van der Waals surface area contributed by atoms with Gasteiger partial charge >= 0.3 is 5.97 Å². The highest BCUT2D eigenvalue weighted by Crippen LogP contribution is 2.34. The van der Waals surface area contributed by atoms with Crippen molar-refractivity contribution in [2.24, 2.45) is 0 Å². The van der Waals surface area contributed by atoms with Crippen LogP contribution in [0.1, 0.15) is 53.6 Å². The fraction of sp³-hybridized carbons (Fsp3) is 0.333. The second-order valence-electron chi connectivity index (χ2n) is 6.61. The first-order valence-electron chi connectivity index (χ1n) is 8.78. The minimum atomic E-state index is -0.947. The van der Waals surface area contributed by atoms with Gasteiger partial charge in [-0.1, -0.05) is 43.3 Å². The molecule has 0 radical (unpaired) electrons. The van der Waals surface area contributed by atoms with Gasteiger partial charge in [0.05, 0.1) is 5.56 Å². The molecular formula is C21H23NO3. The van der Waals surface area contributed by atoms with Crippen LogP contribution in [0.25, 0.3) is 0 Å². The molecule has 1 N–H and O–H groups in total. The maximum atomic E-state index is 12.9. The van der Waals surface area contributed by atoms with E-state index >= 15 is 0 Å². The molecule has 4 nitrogen and oxygen atoms in total. The van der Waals surface area contributed by atoms with Gasteiger partial charge in [0.15, 0.2) is 0 Å². The van der Waals surface area contributed by atoms with E-state index in [1.54, 1.807) is 18.2 Å². The number of carboxylic acids is 1. The zero-order valence-electron chi connectivity index (χ0n) is 14.4. The van der Waals surface area contributed by atoms with Crippen molar-refractivity contribution in [2.75, 3.05) is 11.4 Å². The molecule has 3 rings (SSSR count). The number of carbonyl (C=O) groups is 2. The Kier molecular flexibility index (Phi) is 5.17. The molecule has 1 amide bonds. The van der Waals surface area contributed by atoms with Crippen LogP contribution in [0.5, 0.6) is 0 Å². The van der Waals surface area contributed by atoms with Crippen LogP contribution in [-0.2, 0) is 11.2 Å². The van der Waals surface area contributed by atoms with Crippen LogP contribution in [0.3, 0.4) is 0 Å². The number of benzene rings is 2. The van der Waals surface area contributed by atoms with Gasteiger partial charge in [-0.3, -0.25) is 4.79 Å². The second-order valence-corrected chi connectivity index (χ2v) is 6.61. The molecule has 0 spiro atoms. The summed E-state index contributed by atoms with van der Waals surface area (Å²) in [5, 5.41) is 9.28. The third-order valence-corrected chi connectivity index (χ3v) is 4.93. The Bertz CT molecular complexity index is 784. The van der Waals surface area contributed by atoms with Crippen LogP contribution in [-0.4, -0.2) is 23.5 Å². The molecule has 2 aromatic rings. The zero-order chi connectivity index (χ0) is 17.8. The summed E-state index contributed by atoms with van der Waals surface area (Å²) >= 11 is 0. The van der Waals surface area contributed by atoms with Crippen molar-refractivity contribution in [3.8, 4) is 0 Å². The van der Waals surface area contributed by atoms with Crippen LogP contribution in [0, 0.1) is 0 Å². The molecule has 1 atom stereocenters. The molecule has 0 fully saturated rings. The third-order valence-electron chi connectivity index (χ3n) is 4.93. The maximum Gasteiger partial charge on any atom is 0.335 e. The lowest BCUT2D eigenvalue weighted by atomic mass is 9.96. The molecule has 1 aliphatic rings. The van der Waals surface area contributed by atoms with Gasteiger partial charge in [0.2, 0.25) is 5.91 Å². The van der Waals surface area contributed by atoms with Crippen LogP contribution in [0.4, 0.5) is 5.69 Å². The molecular weight excluding hydrogens is 314 g/mol. The normalized spacial score (nSPS) is 16.8. The summed E-state index contributed by atoms with van der Waals surface area (Å²) in [5.41, 5.74) is 3.21. The molecule has 1 unspecified atom stereocenters. The summed E-state index contributed by atoms with van der Waals surface area (Å²) < 4.78 is 0. The monoisotopic (exact) mass is 337 g/mol. The van der Waals surface area contributed by atoms with Crippen molar-refractivity contribution in [3.63, 3.8) is 0 Å². The number of hydrogen-bond acceptors (Lipinski definition) is 2. The number of para-hydroxylation sites is 1. The maximum absolute atomic E-state index is 12.9. The predicted molar refractivity (Wildman–Crippen MR) is 98.2 cm³/mol. The fourth-order valence-electron chi connectivity index (χ4n) is 3.56. The minimum absolute atomic E-state index is 0.0572. The summed E-state index contributed by atoms with van der Waals surface area (Å²) in [5.74, 6) is -0.444. The number of aromatic carboxylic acids is 1. The van der Waals surface area contributed by atoms with Crippen LogP contribution in [0.15, 0.2) is 48.5 Å². The Labute approximate surface area is 148 Å². The number of fused-ring (bicyclic) bond motifs is 1. The number of nitrogens with zero attached hydrogens (tertiary/aromatic N) is 1. The van der Waals surface area contributed by atoms with Crippen molar-refractivity contribution in [1.82, 2.24) is 0 Å². The molecule has 0 aromatic heterocycles. The molecule has 4 heteroatoms. The van der Waals surface area contributed by atoms with Gasteiger partial charge in [-0.05, 0) is 48.4 Å². The highest BCUT2D eigenvalue weighted by Gasteiger charge is 2.24. The summed E-state index contributed by atoms with van der Waals surface area (Å²) in [6.45, 7) is 2.93. The van der Waals surface area contributed by atoms with E-state index in [-0.39, 0.29) is 11.5 Å². The fourth-order valence-corrected chi connectivity index (χ4v) is 3.56. The Morgan fingerprint density at radius 1 is 1.12 bits per heavy atom. The van der Waals surface area contributed by atoms with E-state index in [0.717, 1.165) is 25.1 Å². The summed E-state index contributed by atoms with van der Waals surface area (Å²) in [6.07, 6.45) is 2.80. The first-order valence-corrected chi connectivity index (χ1v) is 8.78. The lowest BCUT2D eigenvalue weighted by Gasteiger charge is -2.23. The Morgan fingerprint density at radius 3 is 2.64 bits per heavy atom. The third kappa shape index (κ3) is 3.73. The van der Waals surface area contributed by atoms with E-state index in [0.29, 0.717) is 24.3 Å². The quantitative estimate of drug-likeness (QED) is 0.907. The van der Waals surface area contributed by atoms with Gasteiger partial charge in [0.1, 0.15) is 0 Å². The molecule has 0 saturated carbocycles. The molecule has 25 heavy (non-hydrogen) atoms. The van der Waals surface area contributed by atoms with E-state index in [1.165, 1.54) is 5.56 Å². The average Bonchev–Trinajstić information content (AvgIpc) is 2.79.